The number of methoxy groups -OCH3 is 1. The number of nitrogens with one attached hydrogen (secondary N) is 1. The molecule has 4 heterocycles. The molecule has 3 saturated heterocycles. The fraction of sp³-hybridized carbons (Fsp3) is 0.524. The normalized spacial score (nSPS) is 40.2. The van der Waals surface area contributed by atoms with E-state index in [1.807, 2.05) is 18.2 Å². The number of anilines is 1. The Morgan fingerprint density at radius 2 is 2.18 bits per heavy atom. The van der Waals surface area contributed by atoms with Gasteiger partial charge in [-0.05, 0) is 31.0 Å². The molecule has 0 saturated carbocycles. The zero-order valence-electron chi connectivity index (χ0n) is 15.6. The first-order valence-electron chi connectivity index (χ1n) is 9.81. The van der Waals surface area contributed by atoms with Crippen LogP contribution in [0.1, 0.15) is 24.8 Å². The van der Waals surface area contributed by atoms with Crippen molar-refractivity contribution in [3.63, 3.8) is 0 Å². The second-order valence-corrected chi connectivity index (χ2v) is 8.70. The quantitative estimate of drug-likeness (QED) is 0.699. The van der Waals surface area contributed by atoms with E-state index in [-0.39, 0.29) is 24.4 Å². The van der Waals surface area contributed by atoms with Crippen LogP contribution in [0.25, 0.3) is 0 Å². The molecule has 28 heavy (non-hydrogen) atoms. The van der Waals surface area contributed by atoms with E-state index in [9.17, 15) is 14.7 Å². The largest absolute Gasteiger partial charge is 0.466 e. The summed E-state index contributed by atoms with van der Waals surface area (Å²) in [6.45, 7) is 1.29. The Labute approximate surface area is 162 Å². The number of aliphatic hydroxyl groups excluding tert-OH is 1. The number of fused-ring (bicyclic) bond motifs is 1. The molecule has 6 rings (SSSR count). The lowest BCUT2D eigenvalue weighted by Gasteiger charge is -2.56. The summed E-state index contributed by atoms with van der Waals surface area (Å²) >= 11 is 0. The Kier molecular flexibility index (Phi) is 3.05. The minimum Gasteiger partial charge on any atom is -0.466 e. The fourth-order valence-electron chi connectivity index (χ4n) is 6.89. The number of para-hydroxylation sites is 1. The highest BCUT2D eigenvalue weighted by molar-refractivity contribution is 5.93. The molecule has 5 aliphatic rings. The van der Waals surface area contributed by atoms with Crippen molar-refractivity contribution in [2.45, 2.75) is 42.9 Å². The van der Waals surface area contributed by atoms with Gasteiger partial charge >= 0.3 is 11.9 Å². The van der Waals surface area contributed by atoms with Crippen LogP contribution in [0.4, 0.5) is 5.69 Å². The van der Waals surface area contributed by atoms with Crippen LogP contribution < -0.4 is 5.32 Å². The van der Waals surface area contributed by atoms with E-state index in [0.29, 0.717) is 18.5 Å². The average molecular weight is 382 g/mol. The summed E-state index contributed by atoms with van der Waals surface area (Å²) in [6, 6.07) is 8.15. The van der Waals surface area contributed by atoms with Crippen LogP contribution in [0.15, 0.2) is 35.5 Å². The number of esters is 2. The Hall–Kier alpha value is -2.38. The van der Waals surface area contributed by atoms with Crippen molar-refractivity contribution in [3.05, 3.63) is 41.1 Å². The van der Waals surface area contributed by atoms with Crippen molar-refractivity contribution in [1.82, 2.24) is 4.90 Å². The zero-order chi connectivity index (χ0) is 19.3. The molecule has 0 aromatic heterocycles. The van der Waals surface area contributed by atoms with Gasteiger partial charge in [-0.2, -0.15) is 0 Å². The number of nitrogens with zero attached hydrogens (tertiary/aromatic N) is 1. The van der Waals surface area contributed by atoms with E-state index >= 15 is 0 Å². The molecule has 146 valence electrons. The van der Waals surface area contributed by atoms with E-state index in [2.05, 4.69) is 16.3 Å². The van der Waals surface area contributed by atoms with Gasteiger partial charge < -0.3 is 19.9 Å². The van der Waals surface area contributed by atoms with Crippen LogP contribution in [0, 0.1) is 5.41 Å². The van der Waals surface area contributed by atoms with Gasteiger partial charge in [-0.3, -0.25) is 9.69 Å². The Morgan fingerprint density at radius 3 is 3.00 bits per heavy atom. The lowest BCUT2D eigenvalue weighted by Crippen LogP contribution is -2.67. The van der Waals surface area contributed by atoms with Gasteiger partial charge in [-0.1, -0.05) is 18.2 Å². The topological polar surface area (TPSA) is 88.1 Å². The number of hydrogen-bond donors (Lipinski definition) is 2. The number of carbonyl (C=O) groups is 2. The molecule has 1 aliphatic carbocycles. The summed E-state index contributed by atoms with van der Waals surface area (Å²) in [5.74, 6) is -0.668. The molecule has 5 unspecified atom stereocenters. The third-order valence-corrected chi connectivity index (χ3v) is 7.59. The zero-order valence-corrected chi connectivity index (χ0v) is 15.6. The molecule has 5 atom stereocenters. The third-order valence-electron chi connectivity index (χ3n) is 7.59. The first-order chi connectivity index (χ1) is 13.5. The number of aliphatic hydroxyl groups is 1. The predicted molar refractivity (Wildman–Crippen MR) is 98.3 cm³/mol. The van der Waals surface area contributed by atoms with E-state index in [1.54, 1.807) is 0 Å². The van der Waals surface area contributed by atoms with E-state index in [4.69, 9.17) is 9.47 Å². The van der Waals surface area contributed by atoms with Crippen molar-refractivity contribution in [3.8, 4) is 0 Å². The highest BCUT2D eigenvalue weighted by Crippen LogP contribution is 2.66. The number of hydrogen-bond acceptors (Lipinski definition) is 7. The molecule has 3 fully saturated rings. The number of carbonyl (C=O) groups excluding carboxylic acids is 2. The Balaban J connectivity index is 1.66. The molecular weight excluding hydrogens is 360 g/mol. The predicted octanol–water partition coefficient (Wildman–Crippen LogP) is 0.931. The summed E-state index contributed by atoms with van der Waals surface area (Å²) in [4.78, 5) is 27.6. The summed E-state index contributed by atoms with van der Waals surface area (Å²) in [7, 11) is 1.39. The second-order valence-electron chi connectivity index (χ2n) is 8.70. The first-order valence-corrected chi connectivity index (χ1v) is 9.81. The summed E-state index contributed by atoms with van der Waals surface area (Å²) in [5.41, 5.74) is 2.61. The maximum Gasteiger partial charge on any atom is 0.335 e. The van der Waals surface area contributed by atoms with Crippen molar-refractivity contribution < 1.29 is 24.2 Å². The molecular formula is C21H22N2O5. The van der Waals surface area contributed by atoms with E-state index in [0.717, 1.165) is 29.9 Å². The van der Waals surface area contributed by atoms with Crippen LogP contribution in [0.2, 0.25) is 0 Å². The highest BCUT2D eigenvalue weighted by Gasteiger charge is 2.73. The molecule has 0 bridgehead atoms. The molecule has 2 N–H and O–H groups in total. The van der Waals surface area contributed by atoms with Crippen LogP contribution in [-0.4, -0.2) is 60.4 Å². The smallest absolute Gasteiger partial charge is 0.335 e. The van der Waals surface area contributed by atoms with Gasteiger partial charge in [0.1, 0.15) is 12.2 Å². The van der Waals surface area contributed by atoms with Crippen LogP contribution >= 0.6 is 0 Å². The molecule has 4 aliphatic heterocycles. The summed E-state index contributed by atoms with van der Waals surface area (Å²) in [5, 5.41) is 14.3. The van der Waals surface area contributed by atoms with E-state index in [1.165, 1.54) is 7.11 Å². The van der Waals surface area contributed by atoms with Gasteiger partial charge in [0, 0.05) is 29.4 Å². The van der Waals surface area contributed by atoms with Gasteiger partial charge in [0.15, 0.2) is 0 Å². The number of benzene rings is 1. The number of piperidine rings is 1. The Bertz CT molecular complexity index is 958. The average Bonchev–Trinajstić information content (AvgIpc) is 3.34. The lowest BCUT2D eigenvalue weighted by molar-refractivity contribution is -0.158. The molecule has 0 amide bonds. The van der Waals surface area contributed by atoms with Crippen LogP contribution in [0.3, 0.4) is 0 Å². The van der Waals surface area contributed by atoms with Crippen LogP contribution in [-0.2, 0) is 24.5 Å². The second kappa shape index (κ2) is 5.15. The van der Waals surface area contributed by atoms with Gasteiger partial charge in [-0.25, -0.2) is 4.79 Å². The van der Waals surface area contributed by atoms with Crippen LogP contribution in [0.5, 0.6) is 0 Å². The van der Waals surface area contributed by atoms with Gasteiger partial charge in [0.05, 0.1) is 24.5 Å². The third kappa shape index (κ3) is 1.69. The number of ether oxygens (including phenoxy) is 2. The number of rotatable bonds is 1. The summed E-state index contributed by atoms with van der Waals surface area (Å²) in [6.07, 6.45) is 0.0698. The van der Waals surface area contributed by atoms with Crippen molar-refractivity contribution >= 4 is 17.6 Å². The van der Waals surface area contributed by atoms with Gasteiger partial charge in [0.25, 0.3) is 0 Å². The minimum absolute atomic E-state index is 0.000550. The SMILES string of the molecule is COC(=O)C1=C2Nc3ccccc3C23CCN2CC(O)C4OC(=O)CC4(C1)C23. The lowest BCUT2D eigenvalue weighted by atomic mass is 9.53. The standard InChI is InChI=1S/C21H22N2O5/c1-27-18(26)11-8-20-9-15(25)28-17(20)14(24)10-23-7-6-21(19(20)23)12-4-2-3-5-13(12)22-16(11)21/h2-5,14,17,19,22,24H,6-10H2,1H3. The van der Waals surface area contributed by atoms with E-state index < -0.39 is 23.0 Å². The van der Waals surface area contributed by atoms with Gasteiger partial charge in [-0.15, -0.1) is 0 Å². The van der Waals surface area contributed by atoms with Crippen molar-refractivity contribution in [1.29, 1.82) is 0 Å². The fourth-order valence-corrected chi connectivity index (χ4v) is 6.89. The molecule has 2 spiro atoms. The van der Waals surface area contributed by atoms with Gasteiger partial charge in [0.2, 0.25) is 0 Å². The minimum atomic E-state index is -0.747. The summed E-state index contributed by atoms with van der Waals surface area (Å²) < 4.78 is 10.8. The maximum atomic E-state index is 12.8. The highest BCUT2D eigenvalue weighted by atomic mass is 16.6. The molecule has 1 aromatic rings. The monoisotopic (exact) mass is 382 g/mol. The first kappa shape index (κ1) is 16.6. The molecule has 1 aromatic carbocycles. The molecule has 7 heteroatoms. The maximum absolute atomic E-state index is 12.8. The molecule has 7 nitrogen and oxygen atoms in total. The molecule has 0 radical (unpaired) electrons. The van der Waals surface area contributed by atoms with Crippen molar-refractivity contribution in [2.24, 2.45) is 5.41 Å². The Morgan fingerprint density at radius 1 is 1.36 bits per heavy atom. The van der Waals surface area contributed by atoms with Crippen molar-refractivity contribution in [2.75, 3.05) is 25.5 Å².